The topological polar surface area (TPSA) is 29.9 Å². The Morgan fingerprint density at radius 1 is 1.35 bits per heavy atom. The molecule has 0 aliphatic rings. The van der Waals surface area contributed by atoms with E-state index in [1.54, 1.807) is 0 Å². The number of nitrogens with zero attached hydrogens (tertiary/aromatic N) is 2. The summed E-state index contributed by atoms with van der Waals surface area (Å²) in [4.78, 5) is 0. The Bertz CT molecular complexity index is 457. The van der Waals surface area contributed by atoms with Gasteiger partial charge in [-0.25, -0.2) is 0 Å². The number of benzene rings is 1. The first-order valence-electron chi connectivity index (χ1n) is 6.43. The van der Waals surface area contributed by atoms with E-state index in [1.165, 1.54) is 30.2 Å². The smallest absolute Gasteiger partial charge is 0.0682 e. The molecule has 1 aromatic heterocycles. The van der Waals surface area contributed by atoms with Crippen molar-refractivity contribution in [3.63, 3.8) is 0 Å². The van der Waals surface area contributed by atoms with Crippen molar-refractivity contribution in [3.8, 4) is 0 Å². The molecule has 2 rings (SSSR count). The van der Waals surface area contributed by atoms with Gasteiger partial charge in [0.05, 0.1) is 11.7 Å². The Kier molecular flexibility index (Phi) is 4.15. The van der Waals surface area contributed by atoms with Gasteiger partial charge in [-0.1, -0.05) is 25.1 Å². The van der Waals surface area contributed by atoms with Gasteiger partial charge < -0.3 is 5.32 Å². The molecule has 0 amide bonds. The van der Waals surface area contributed by atoms with E-state index in [-0.39, 0.29) is 0 Å². The molecule has 0 saturated carbocycles. The van der Waals surface area contributed by atoms with Crippen molar-refractivity contribution in [1.82, 2.24) is 15.1 Å². The molecule has 0 saturated heterocycles. The van der Waals surface area contributed by atoms with E-state index in [9.17, 15) is 0 Å². The van der Waals surface area contributed by atoms with Gasteiger partial charge in [-0.05, 0) is 32.4 Å². The van der Waals surface area contributed by atoms with Crippen LogP contribution >= 0.6 is 0 Å². The molecule has 0 aliphatic carbocycles. The van der Waals surface area contributed by atoms with Crippen molar-refractivity contribution in [2.24, 2.45) is 0 Å². The van der Waals surface area contributed by atoms with Crippen LogP contribution in [0.15, 0.2) is 30.5 Å². The lowest BCUT2D eigenvalue weighted by atomic mass is 10.1. The van der Waals surface area contributed by atoms with Crippen LogP contribution in [0.2, 0.25) is 0 Å². The average Bonchev–Trinajstić information content (AvgIpc) is 2.78. The largest absolute Gasteiger partial charge is 0.317 e. The highest BCUT2D eigenvalue weighted by molar-refractivity contribution is 5.78. The maximum Gasteiger partial charge on any atom is 0.0682 e. The summed E-state index contributed by atoms with van der Waals surface area (Å²) < 4.78 is 2.11. The van der Waals surface area contributed by atoms with E-state index < -0.39 is 0 Å². The third kappa shape index (κ3) is 2.86. The fourth-order valence-corrected chi connectivity index (χ4v) is 2.24. The molecule has 1 atom stereocenters. The molecular weight excluding hydrogens is 210 g/mol. The van der Waals surface area contributed by atoms with Gasteiger partial charge in [0.2, 0.25) is 0 Å². The van der Waals surface area contributed by atoms with Crippen molar-refractivity contribution in [1.29, 1.82) is 0 Å². The van der Waals surface area contributed by atoms with Crippen LogP contribution in [0.5, 0.6) is 0 Å². The summed E-state index contributed by atoms with van der Waals surface area (Å²) in [5.74, 6) is 0. The number of hydrogen-bond acceptors (Lipinski definition) is 2. The lowest BCUT2D eigenvalue weighted by Gasteiger charge is -2.13. The molecule has 1 N–H and O–H groups in total. The van der Waals surface area contributed by atoms with Gasteiger partial charge in [-0.2, -0.15) is 5.10 Å². The number of rotatable bonds is 6. The molecule has 3 nitrogen and oxygen atoms in total. The van der Waals surface area contributed by atoms with Crippen LogP contribution in [-0.2, 0) is 6.54 Å². The Morgan fingerprint density at radius 3 is 2.94 bits per heavy atom. The lowest BCUT2D eigenvalue weighted by molar-refractivity contribution is 0.460. The second-order valence-electron chi connectivity index (χ2n) is 4.46. The predicted molar refractivity (Wildman–Crippen MR) is 72.1 cm³/mol. The molecule has 0 fully saturated rings. The van der Waals surface area contributed by atoms with E-state index in [0.29, 0.717) is 6.04 Å². The Morgan fingerprint density at radius 2 is 2.18 bits per heavy atom. The highest BCUT2D eigenvalue weighted by Gasteiger charge is 2.04. The SMILES string of the molecule is CCC(CCCn1ncc2ccccc21)NC. The summed E-state index contributed by atoms with van der Waals surface area (Å²) in [6.07, 6.45) is 5.52. The molecule has 2 aromatic rings. The number of aromatic nitrogens is 2. The minimum absolute atomic E-state index is 0.636. The first-order chi connectivity index (χ1) is 8.35. The van der Waals surface area contributed by atoms with Gasteiger partial charge in [0.1, 0.15) is 0 Å². The number of nitrogens with one attached hydrogen (secondary N) is 1. The monoisotopic (exact) mass is 231 g/mol. The zero-order valence-corrected chi connectivity index (χ0v) is 10.7. The van der Waals surface area contributed by atoms with Gasteiger partial charge in [0.15, 0.2) is 0 Å². The van der Waals surface area contributed by atoms with Crippen molar-refractivity contribution >= 4 is 10.9 Å². The van der Waals surface area contributed by atoms with Crippen LogP contribution in [0.4, 0.5) is 0 Å². The van der Waals surface area contributed by atoms with Crippen molar-refractivity contribution in [2.75, 3.05) is 7.05 Å². The Labute approximate surface area is 103 Å². The minimum Gasteiger partial charge on any atom is -0.317 e. The van der Waals surface area contributed by atoms with Crippen LogP contribution in [-0.4, -0.2) is 22.9 Å². The Balaban J connectivity index is 1.95. The van der Waals surface area contributed by atoms with E-state index in [2.05, 4.69) is 46.3 Å². The molecule has 3 heteroatoms. The summed E-state index contributed by atoms with van der Waals surface area (Å²) in [6.45, 7) is 3.23. The number of para-hydroxylation sites is 1. The van der Waals surface area contributed by atoms with Gasteiger partial charge in [-0.3, -0.25) is 4.68 Å². The molecule has 0 bridgehead atoms. The van der Waals surface area contributed by atoms with Crippen LogP contribution in [0.3, 0.4) is 0 Å². The summed E-state index contributed by atoms with van der Waals surface area (Å²) in [6, 6.07) is 9.02. The van der Waals surface area contributed by atoms with E-state index in [0.717, 1.165) is 6.54 Å². The van der Waals surface area contributed by atoms with Crippen molar-refractivity contribution < 1.29 is 0 Å². The van der Waals surface area contributed by atoms with Crippen molar-refractivity contribution in [3.05, 3.63) is 30.5 Å². The molecule has 0 aliphatic heterocycles. The fraction of sp³-hybridized carbons (Fsp3) is 0.500. The van der Waals surface area contributed by atoms with E-state index >= 15 is 0 Å². The molecule has 17 heavy (non-hydrogen) atoms. The fourth-order valence-electron chi connectivity index (χ4n) is 2.24. The molecular formula is C14H21N3. The van der Waals surface area contributed by atoms with Crippen LogP contribution in [0.1, 0.15) is 26.2 Å². The number of fused-ring (bicyclic) bond motifs is 1. The molecule has 1 heterocycles. The van der Waals surface area contributed by atoms with Gasteiger partial charge in [0, 0.05) is 18.0 Å². The summed E-state index contributed by atoms with van der Waals surface area (Å²) in [7, 11) is 2.04. The quantitative estimate of drug-likeness (QED) is 0.828. The molecule has 0 spiro atoms. The van der Waals surface area contributed by atoms with Crippen LogP contribution in [0.25, 0.3) is 10.9 Å². The van der Waals surface area contributed by atoms with E-state index in [4.69, 9.17) is 0 Å². The maximum atomic E-state index is 4.44. The molecule has 1 aromatic carbocycles. The maximum absolute atomic E-state index is 4.44. The number of hydrogen-bond donors (Lipinski definition) is 1. The summed E-state index contributed by atoms with van der Waals surface area (Å²) in [5, 5.41) is 9.01. The lowest BCUT2D eigenvalue weighted by Crippen LogP contribution is -2.24. The van der Waals surface area contributed by atoms with Gasteiger partial charge >= 0.3 is 0 Å². The summed E-state index contributed by atoms with van der Waals surface area (Å²) in [5.41, 5.74) is 1.24. The molecule has 0 radical (unpaired) electrons. The highest BCUT2D eigenvalue weighted by atomic mass is 15.3. The third-order valence-corrected chi connectivity index (χ3v) is 3.37. The van der Waals surface area contributed by atoms with Gasteiger partial charge in [-0.15, -0.1) is 0 Å². The molecule has 1 unspecified atom stereocenters. The second kappa shape index (κ2) is 5.82. The summed E-state index contributed by atoms with van der Waals surface area (Å²) >= 11 is 0. The third-order valence-electron chi connectivity index (χ3n) is 3.37. The first-order valence-corrected chi connectivity index (χ1v) is 6.43. The van der Waals surface area contributed by atoms with Crippen LogP contribution in [0, 0.1) is 0 Å². The zero-order chi connectivity index (χ0) is 12.1. The average molecular weight is 231 g/mol. The zero-order valence-electron chi connectivity index (χ0n) is 10.7. The standard InChI is InChI=1S/C14H21N3/c1-3-13(15-2)8-6-10-17-14-9-5-4-7-12(14)11-16-17/h4-5,7,9,11,13,15H,3,6,8,10H2,1-2H3. The van der Waals surface area contributed by atoms with Crippen molar-refractivity contribution in [2.45, 2.75) is 38.8 Å². The van der Waals surface area contributed by atoms with Gasteiger partial charge in [0.25, 0.3) is 0 Å². The minimum atomic E-state index is 0.636. The normalized spacial score (nSPS) is 13.1. The second-order valence-corrected chi connectivity index (χ2v) is 4.46. The first kappa shape index (κ1) is 12.1. The van der Waals surface area contributed by atoms with E-state index in [1.807, 2.05) is 13.2 Å². The molecule has 92 valence electrons. The number of aryl methyl sites for hydroxylation is 1. The highest BCUT2D eigenvalue weighted by Crippen LogP contribution is 2.13. The Hall–Kier alpha value is -1.35. The predicted octanol–water partition coefficient (Wildman–Crippen LogP) is 2.81. The van der Waals surface area contributed by atoms with Crippen LogP contribution < -0.4 is 5.32 Å².